The number of aryl methyl sites for hydroxylation is 2. The molecule has 0 aromatic carbocycles. The lowest BCUT2D eigenvalue weighted by molar-refractivity contribution is -0.142. The van der Waals surface area contributed by atoms with Crippen LogP contribution in [0.3, 0.4) is 0 Å². The van der Waals surface area contributed by atoms with E-state index in [9.17, 15) is 19.2 Å². The summed E-state index contributed by atoms with van der Waals surface area (Å²) in [6.45, 7) is 1.36. The van der Waals surface area contributed by atoms with Gasteiger partial charge in [-0.1, -0.05) is 19.8 Å². The molecule has 10 heteroatoms. The number of rotatable bonds is 7. The average molecular weight is 351 g/mol. The highest BCUT2D eigenvalue weighted by molar-refractivity contribution is 5.83. The van der Waals surface area contributed by atoms with Crippen molar-refractivity contribution in [2.75, 3.05) is 0 Å². The zero-order valence-electron chi connectivity index (χ0n) is 14.4. The number of fused-ring (bicyclic) bond motifs is 1. The van der Waals surface area contributed by atoms with E-state index in [2.05, 4.69) is 10.3 Å². The Morgan fingerprint density at radius 1 is 1.32 bits per heavy atom. The molecule has 0 fully saturated rings. The first-order valence-electron chi connectivity index (χ1n) is 7.91. The summed E-state index contributed by atoms with van der Waals surface area (Å²) in [5, 5.41) is 11.5. The van der Waals surface area contributed by atoms with Crippen LogP contribution in [0.1, 0.15) is 26.2 Å². The van der Waals surface area contributed by atoms with Crippen molar-refractivity contribution in [3.8, 4) is 0 Å². The van der Waals surface area contributed by atoms with Crippen LogP contribution in [0.4, 0.5) is 0 Å². The molecule has 0 unspecified atom stereocenters. The van der Waals surface area contributed by atoms with Gasteiger partial charge in [0.2, 0.25) is 5.91 Å². The fourth-order valence-electron chi connectivity index (χ4n) is 2.58. The van der Waals surface area contributed by atoms with Crippen molar-refractivity contribution < 1.29 is 14.7 Å². The third-order valence-corrected chi connectivity index (χ3v) is 3.98. The number of aliphatic carboxylic acids is 1. The number of hydrogen-bond donors (Lipinski definition) is 2. The Labute approximate surface area is 142 Å². The minimum absolute atomic E-state index is 0.190. The normalized spacial score (nSPS) is 12.3. The molecule has 2 heterocycles. The van der Waals surface area contributed by atoms with Crippen molar-refractivity contribution in [1.82, 2.24) is 24.0 Å². The van der Waals surface area contributed by atoms with E-state index in [0.29, 0.717) is 6.42 Å². The van der Waals surface area contributed by atoms with Crippen LogP contribution in [-0.4, -0.2) is 41.7 Å². The van der Waals surface area contributed by atoms with Gasteiger partial charge in [0.25, 0.3) is 5.56 Å². The molecule has 0 radical (unpaired) electrons. The SMILES string of the molecule is CCCC[C@H](NC(=O)Cn1c(=O)c2c(ncn2C)n(C)c1=O)C(=O)O. The molecule has 1 amide bonds. The maximum absolute atomic E-state index is 12.5. The van der Waals surface area contributed by atoms with Crippen molar-refractivity contribution in [2.45, 2.75) is 38.8 Å². The van der Waals surface area contributed by atoms with Crippen LogP contribution >= 0.6 is 0 Å². The van der Waals surface area contributed by atoms with Gasteiger partial charge in [0.15, 0.2) is 11.2 Å². The molecule has 136 valence electrons. The van der Waals surface area contributed by atoms with E-state index in [-0.39, 0.29) is 17.6 Å². The fourth-order valence-corrected chi connectivity index (χ4v) is 2.58. The maximum Gasteiger partial charge on any atom is 0.332 e. The Morgan fingerprint density at radius 2 is 2.00 bits per heavy atom. The number of unbranched alkanes of at least 4 members (excludes halogenated alkanes) is 1. The van der Waals surface area contributed by atoms with E-state index in [0.717, 1.165) is 11.0 Å². The molecule has 2 N–H and O–H groups in total. The van der Waals surface area contributed by atoms with Crippen molar-refractivity contribution in [3.63, 3.8) is 0 Å². The highest BCUT2D eigenvalue weighted by atomic mass is 16.4. The fraction of sp³-hybridized carbons (Fsp3) is 0.533. The minimum atomic E-state index is -1.15. The van der Waals surface area contributed by atoms with Crippen LogP contribution < -0.4 is 16.6 Å². The zero-order valence-corrected chi connectivity index (χ0v) is 14.4. The number of carbonyl (C=O) groups is 2. The summed E-state index contributed by atoms with van der Waals surface area (Å²) in [5.74, 6) is -1.85. The van der Waals surface area contributed by atoms with Crippen LogP contribution in [0.15, 0.2) is 15.9 Å². The van der Waals surface area contributed by atoms with Crippen LogP contribution in [0.2, 0.25) is 0 Å². The summed E-state index contributed by atoms with van der Waals surface area (Å²) in [4.78, 5) is 52.2. The molecule has 10 nitrogen and oxygen atoms in total. The average Bonchev–Trinajstić information content (AvgIpc) is 2.95. The molecule has 2 rings (SSSR count). The van der Waals surface area contributed by atoms with Crippen LogP contribution in [-0.2, 0) is 30.2 Å². The van der Waals surface area contributed by atoms with Crippen molar-refractivity contribution >= 4 is 23.0 Å². The quantitative estimate of drug-likeness (QED) is 0.672. The van der Waals surface area contributed by atoms with E-state index < -0.39 is 35.7 Å². The number of amides is 1. The van der Waals surface area contributed by atoms with Crippen LogP contribution in [0.25, 0.3) is 11.2 Å². The summed E-state index contributed by atoms with van der Waals surface area (Å²) in [7, 11) is 3.06. The van der Waals surface area contributed by atoms with E-state index in [1.807, 2.05) is 6.92 Å². The minimum Gasteiger partial charge on any atom is -0.480 e. The van der Waals surface area contributed by atoms with E-state index in [4.69, 9.17) is 5.11 Å². The summed E-state index contributed by atoms with van der Waals surface area (Å²) >= 11 is 0. The first-order chi connectivity index (χ1) is 11.8. The smallest absolute Gasteiger partial charge is 0.332 e. The standard InChI is InChI=1S/C15H21N5O5/c1-4-5-6-9(14(23)24)17-10(21)7-20-13(22)11-12(16-8-18(11)2)19(3)15(20)25/h8-9H,4-7H2,1-3H3,(H,17,21)(H,23,24)/t9-/m0/s1. The Bertz CT molecular complexity index is 923. The van der Waals surface area contributed by atoms with Gasteiger partial charge in [0.1, 0.15) is 12.6 Å². The zero-order chi connectivity index (χ0) is 18.7. The molecule has 0 saturated carbocycles. The van der Waals surface area contributed by atoms with Gasteiger partial charge in [-0.05, 0) is 6.42 Å². The van der Waals surface area contributed by atoms with Gasteiger partial charge in [-0.2, -0.15) is 0 Å². The lowest BCUT2D eigenvalue weighted by atomic mass is 10.1. The van der Waals surface area contributed by atoms with Crippen LogP contribution in [0.5, 0.6) is 0 Å². The topological polar surface area (TPSA) is 128 Å². The maximum atomic E-state index is 12.5. The predicted octanol–water partition coefficient (Wildman–Crippen LogP) is -0.807. The second-order valence-corrected chi connectivity index (χ2v) is 5.86. The molecule has 25 heavy (non-hydrogen) atoms. The van der Waals surface area contributed by atoms with E-state index in [1.54, 1.807) is 7.05 Å². The molecular weight excluding hydrogens is 330 g/mol. The number of aromatic nitrogens is 4. The van der Waals surface area contributed by atoms with Gasteiger partial charge < -0.3 is 15.0 Å². The molecule has 0 aliphatic carbocycles. The van der Waals surface area contributed by atoms with Crippen molar-refractivity contribution in [3.05, 3.63) is 27.2 Å². The van der Waals surface area contributed by atoms with E-state index in [1.165, 1.54) is 22.5 Å². The number of nitrogens with one attached hydrogen (secondary N) is 1. The molecule has 0 bridgehead atoms. The number of imidazole rings is 1. The Balaban J connectivity index is 2.32. The summed E-state index contributed by atoms with van der Waals surface area (Å²) in [5.41, 5.74) is -0.920. The van der Waals surface area contributed by atoms with Gasteiger partial charge in [-0.25, -0.2) is 19.1 Å². The van der Waals surface area contributed by atoms with E-state index >= 15 is 0 Å². The summed E-state index contributed by atoms with van der Waals surface area (Å²) in [6.07, 6.45) is 3.11. The molecule has 2 aromatic heterocycles. The highest BCUT2D eigenvalue weighted by Gasteiger charge is 2.21. The number of carboxylic acid groups (broad SMARTS) is 1. The van der Waals surface area contributed by atoms with Gasteiger partial charge in [-0.3, -0.25) is 14.2 Å². The largest absolute Gasteiger partial charge is 0.480 e. The van der Waals surface area contributed by atoms with Gasteiger partial charge in [0.05, 0.1) is 6.33 Å². The Hall–Kier alpha value is -2.91. The molecule has 2 aromatic rings. The monoisotopic (exact) mass is 351 g/mol. The van der Waals surface area contributed by atoms with Gasteiger partial charge >= 0.3 is 11.7 Å². The predicted molar refractivity (Wildman–Crippen MR) is 89.3 cm³/mol. The Kier molecular flexibility index (Phi) is 5.40. The van der Waals surface area contributed by atoms with Gasteiger partial charge in [-0.15, -0.1) is 0 Å². The van der Waals surface area contributed by atoms with Crippen LogP contribution in [0, 0.1) is 0 Å². The summed E-state index contributed by atoms with van der Waals surface area (Å²) < 4.78 is 3.42. The number of carbonyl (C=O) groups excluding carboxylic acids is 1. The summed E-state index contributed by atoms with van der Waals surface area (Å²) in [6, 6.07) is -1.05. The first kappa shape index (κ1) is 18.4. The lowest BCUT2D eigenvalue weighted by Crippen LogP contribution is -2.47. The molecule has 0 spiro atoms. The molecule has 0 aliphatic rings. The number of hydrogen-bond acceptors (Lipinski definition) is 5. The van der Waals surface area contributed by atoms with Crippen molar-refractivity contribution in [1.29, 1.82) is 0 Å². The van der Waals surface area contributed by atoms with Crippen molar-refractivity contribution in [2.24, 2.45) is 14.1 Å². The molecule has 0 saturated heterocycles. The Morgan fingerprint density at radius 3 is 2.60 bits per heavy atom. The number of carboxylic acids is 1. The third kappa shape index (κ3) is 3.62. The second-order valence-electron chi connectivity index (χ2n) is 5.86. The lowest BCUT2D eigenvalue weighted by Gasteiger charge is -2.15. The highest BCUT2D eigenvalue weighted by Crippen LogP contribution is 2.03. The molecule has 0 aliphatic heterocycles. The first-order valence-corrected chi connectivity index (χ1v) is 7.91. The van der Waals surface area contributed by atoms with Gasteiger partial charge in [0, 0.05) is 14.1 Å². The number of nitrogens with zero attached hydrogens (tertiary/aromatic N) is 4. The second kappa shape index (κ2) is 7.32. The molecular formula is C15H21N5O5. The third-order valence-electron chi connectivity index (χ3n) is 3.98. The molecule has 1 atom stereocenters.